The molecule has 0 fully saturated rings. The summed E-state index contributed by atoms with van der Waals surface area (Å²) in [6, 6.07) is 10.5. The minimum absolute atomic E-state index is 0.0647. The van der Waals surface area contributed by atoms with Gasteiger partial charge in [0.1, 0.15) is 5.82 Å². The summed E-state index contributed by atoms with van der Waals surface area (Å²) in [4.78, 5) is 10.9. The topological polar surface area (TPSA) is 69.2 Å². The van der Waals surface area contributed by atoms with E-state index in [1.807, 2.05) is 0 Å². The Morgan fingerprint density at radius 3 is 2.56 bits per heavy atom. The lowest BCUT2D eigenvalue weighted by atomic mass is 10.3. The van der Waals surface area contributed by atoms with Gasteiger partial charge in [-0.1, -0.05) is 30.0 Å². The number of hydrogen-bond acceptors (Lipinski definition) is 4. The Kier molecular flexibility index (Phi) is 3.47. The SMILES string of the molecule is Nc1cccc(F)c1Sc1ccccc1[N+](=O)[O-]. The smallest absolute Gasteiger partial charge is 0.283 e. The molecule has 0 aromatic heterocycles. The second kappa shape index (κ2) is 5.05. The Hall–Kier alpha value is -2.08. The Balaban J connectivity index is 2.43. The van der Waals surface area contributed by atoms with Crippen LogP contribution in [0.3, 0.4) is 0 Å². The van der Waals surface area contributed by atoms with Crippen LogP contribution in [0.4, 0.5) is 15.8 Å². The minimum Gasteiger partial charge on any atom is -0.398 e. The maximum Gasteiger partial charge on any atom is 0.283 e. The number of benzene rings is 2. The molecule has 0 spiro atoms. The van der Waals surface area contributed by atoms with Crippen LogP contribution < -0.4 is 5.73 Å². The Morgan fingerprint density at radius 2 is 1.89 bits per heavy atom. The predicted octanol–water partition coefficient (Wildman–Crippen LogP) is 3.47. The lowest BCUT2D eigenvalue weighted by Gasteiger charge is -2.06. The average Bonchev–Trinajstić information content (AvgIpc) is 2.34. The van der Waals surface area contributed by atoms with Gasteiger partial charge in [0.2, 0.25) is 0 Å². The van der Waals surface area contributed by atoms with Crippen LogP contribution in [0.15, 0.2) is 52.3 Å². The molecule has 4 nitrogen and oxygen atoms in total. The van der Waals surface area contributed by atoms with Crippen LogP contribution in [0.1, 0.15) is 0 Å². The van der Waals surface area contributed by atoms with Crippen LogP contribution >= 0.6 is 11.8 Å². The van der Waals surface area contributed by atoms with Crippen molar-refractivity contribution in [3.63, 3.8) is 0 Å². The molecule has 18 heavy (non-hydrogen) atoms. The third-order valence-corrected chi connectivity index (χ3v) is 3.47. The summed E-state index contributed by atoms with van der Waals surface area (Å²) in [6.07, 6.45) is 0. The number of hydrogen-bond donors (Lipinski definition) is 1. The normalized spacial score (nSPS) is 10.3. The van der Waals surface area contributed by atoms with Gasteiger partial charge in [-0.25, -0.2) is 4.39 Å². The predicted molar refractivity (Wildman–Crippen MR) is 68.0 cm³/mol. The number of nitro groups is 1. The van der Waals surface area contributed by atoms with E-state index in [9.17, 15) is 14.5 Å². The second-order valence-corrected chi connectivity index (χ2v) is 4.54. The van der Waals surface area contributed by atoms with Crippen LogP contribution in [0.25, 0.3) is 0 Å². The summed E-state index contributed by atoms with van der Waals surface area (Å²) in [5, 5.41) is 10.8. The molecule has 2 rings (SSSR count). The number of para-hydroxylation sites is 1. The molecule has 0 unspecified atom stereocenters. The zero-order chi connectivity index (χ0) is 13.1. The summed E-state index contributed by atoms with van der Waals surface area (Å²) >= 11 is 0.954. The molecule has 6 heteroatoms. The molecule has 2 aromatic carbocycles. The van der Waals surface area contributed by atoms with E-state index in [1.54, 1.807) is 24.3 Å². The van der Waals surface area contributed by atoms with Gasteiger partial charge < -0.3 is 5.73 Å². The van der Waals surface area contributed by atoms with E-state index in [4.69, 9.17) is 5.73 Å². The molecule has 0 aliphatic carbocycles. The van der Waals surface area contributed by atoms with Crippen molar-refractivity contribution in [3.8, 4) is 0 Å². The maximum atomic E-state index is 13.6. The van der Waals surface area contributed by atoms with Crippen molar-refractivity contribution in [2.75, 3.05) is 5.73 Å². The van der Waals surface area contributed by atoms with Gasteiger partial charge in [-0.05, 0) is 18.2 Å². The van der Waals surface area contributed by atoms with Crippen molar-refractivity contribution in [1.82, 2.24) is 0 Å². The third-order valence-electron chi connectivity index (χ3n) is 2.27. The first-order valence-corrected chi connectivity index (χ1v) is 5.86. The lowest BCUT2D eigenvalue weighted by molar-refractivity contribution is -0.387. The zero-order valence-corrected chi connectivity index (χ0v) is 9.99. The lowest BCUT2D eigenvalue weighted by Crippen LogP contribution is -1.94. The third kappa shape index (κ3) is 2.43. The number of nitrogens with zero attached hydrogens (tertiary/aromatic N) is 1. The highest BCUT2D eigenvalue weighted by atomic mass is 32.2. The molecule has 2 aromatic rings. The summed E-state index contributed by atoms with van der Waals surface area (Å²) < 4.78 is 13.6. The van der Waals surface area contributed by atoms with E-state index in [0.29, 0.717) is 4.90 Å². The average molecular weight is 264 g/mol. The van der Waals surface area contributed by atoms with Crippen molar-refractivity contribution in [2.45, 2.75) is 9.79 Å². The number of halogens is 1. The van der Waals surface area contributed by atoms with Gasteiger partial charge in [0, 0.05) is 11.8 Å². The van der Waals surface area contributed by atoms with Crippen LogP contribution in [0, 0.1) is 15.9 Å². The van der Waals surface area contributed by atoms with Crippen molar-refractivity contribution < 1.29 is 9.31 Å². The van der Waals surface area contributed by atoms with E-state index in [0.717, 1.165) is 11.8 Å². The molecule has 0 radical (unpaired) electrons. The van der Waals surface area contributed by atoms with E-state index in [2.05, 4.69) is 0 Å². The van der Waals surface area contributed by atoms with Gasteiger partial charge in [-0.15, -0.1) is 0 Å². The standard InChI is InChI=1S/C12H9FN2O2S/c13-8-4-3-5-9(14)12(8)18-11-7-2-1-6-10(11)15(16)17/h1-7H,14H2. The number of anilines is 1. The number of nitrogen functional groups attached to an aromatic ring is 1. The minimum atomic E-state index is -0.501. The molecule has 0 saturated heterocycles. The number of nitro benzene ring substituents is 1. The highest BCUT2D eigenvalue weighted by Crippen LogP contribution is 2.38. The molecule has 0 saturated carbocycles. The van der Waals surface area contributed by atoms with Gasteiger partial charge in [0.05, 0.1) is 14.7 Å². The van der Waals surface area contributed by atoms with Crippen molar-refractivity contribution >= 4 is 23.1 Å². The Labute approximate surface area is 107 Å². The number of nitrogens with two attached hydrogens (primary N) is 1. The van der Waals surface area contributed by atoms with Gasteiger partial charge in [-0.2, -0.15) is 0 Å². The van der Waals surface area contributed by atoms with Crippen molar-refractivity contribution in [3.05, 3.63) is 58.4 Å². The summed E-state index contributed by atoms with van der Waals surface area (Å²) in [5.41, 5.74) is 5.86. The molecule has 0 amide bonds. The van der Waals surface area contributed by atoms with E-state index < -0.39 is 10.7 Å². The number of rotatable bonds is 3. The monoisotopic (exact) mass is 264 g/mol. The van der Waals surface area contributed by atoms with Gasteiger partial charge in [0.15, 0.2) is 0 Å². The van der Waals surface area contributed by atoms with Crippen LogP contribution in [-0.2, 0) is 0 Å². The molecule has 0 heterocycles. The molecule has 92 valence electrons. The van der Waals surface area contributed by atoms with Crippen LogP contribution in [0.5, 0.6) is 0 Å². The Morgan fingerprint density at radius 1 is 1.17 bits per heavy atom. The van der Waals surface area contributed by atoms with E-state index in [-0.39, 0.29) is 16.3 Å². The van der Waals surface area contributed by atoms with E-state index >= 15 is 0 Å². The second-order valence-electron chi connectivity index (χ2n) is 3.49. The van der Waals surface area contributed by atoms with Crippen molar-refractivity contribution in [2.24, 2.45) is 0 Å². The van der Waals surface area contributed by atoms with Gasteiger partial charge in [0.25, 0.3) is 5.69 Å². The van der Waals surface area contributed by atoms with Crippen LogP contribution in [-0.4, -0.2) is 4.92 Å². The highest BCUT2D eigenvalue weighted by Gasteiger charge is 2.16. The van der Waals surface area contributed by atoms with Crippen LogP contribution in [0.2, 0.25) is 0 Å². The molecular weight excluding hydrogens is 255 g/mol. The molecule has 0 aliphatic heterocycles. The summed E-state index contributed by atoms with van der Waals surface area (Å²) in [5.74, 6) is -0.488. The first kappa shape index (κ1) is 12.4. The fraction of sp³-hybridized carbons (Fsp3) is 0. The zero-order valence-electron chi connectivity index (χ0n) is 9.17. The Bertz CT molecular complexity index is 584. The molecule has 0 atom stereocenters. The first-order valence-electron chi connectivity index (χ1n) is 5.05. The highest BCUT2D eigenvalue weighted by molar-refractivity contribution is 7.99. The quantitative estimate of drug-likeness (QED) is 0.523. The first-order chi connectivity index (χ1) is 8.59. The molecule has 2 N–H and O–H groups in total. The molecular formula is C12H9FN2O2S. The van der Waals surface area contributed by atoms with E-state index in [1.165, 1.54) is 18.2 Å². The molecule has 0 bridgehead atoms. The fourth-order valence-electron chi connectivity index (χ4n) is 1.44. The van der Waals surface area contributed by atoms with Gasteiger partial charge >= 0.3 is 0 Å². The largest absolute Gasteiger partial charge is 0.398 e. The maximum absolute atomic E-state index is 13.6. The summed E-state index contributed by atoms with van der Waals surface area (Å²) in [7, 11) is 0. The van der Waals surface area contributed by atoms with Crippen molar-refractivity contribution in [1.29, 1.82) is 0 Å². The summed E-state index contributed by atoms with van der Waals surface area (Å²) in [6.45, 7) is 0. The van der Waals surface area contributed by atoms with Gasteiger partial charge in [-0.3, -0.25) is 10.1 Å². The fourth-order valence-corrected chi connectivity index (χ4v) is 2.40. The molecule has 0 aliphatic rings.